The summed E-state index contributed by atoms with van der Waals surface area (Å²) in [5, 5.41) is 3.87. The van der Waals surface area contributed by atoms with Gasteiger partial charge in [0.2, 0.25) is 0 Å². The van der Waals surface area contributed by atoms with E-state index in [-0.39, 0.29) is 17.7 Å². The van der Waals surface area contributed by atoms with Crippen LogP contribution in [0.15, 0.2) is 47.6 Å². The third-order valence-electron chi connectivity index (χ3n) is 5.13. The molecule has 0 spiro atoms. The van der Waals surface area contributed by atoms with E-state index in [0.717, 1.165) is 23.7 Å². The number of pyridine rings is 1. The molecule has 3 N–H and O–H groups in total. The SMILES string of the molecule is CNc1cc(Oc2ccnc3cc(OC)c(OC)cc23)ccc1C(N)=NC(=O)C1CC1. The molecule has 0 bridgehead atoms. The summed E-state index contributed by atoms with van der Waals surface area (Å²) in [6, 6.07) is 10.8. The number of nitrogens with zero attached hydrogens (tertiary/aromatic N) is 2. The van der Waals surface area contributed by atoms with Crippen molar-refractivity contribution in [2.24, 2.45) is 16.6 Å². The average Bonchev–Trinajstić information content (AvgIpc) is 3.63. The number of methoxy groups -OCH3 is 2. The number of hydrogen-bond donors (Lipinski definition) is 2. The molecule has 160 valence electrons. The Hall–Kier alpha value is -3.81. The van der Waals surface area contributed by atoms with Crippen LogP contribution in [0.2, 0.25) is 0 Å². The predicted octanol–water partition coefficient (Wildman–Crippen LogP) is 3.73. The van der Waals surface area contributed by atoms with Crippen molar-refractivity contribution in [2.45, 2.75) is 12.8 Å². The van der Waals surface area contributed by atoms with Crippen LogP contribution < -0.4 is 25.3 Å². The van der Waals surface area contributed by atoms with Crippen LogP contribution >= 0.6 is 0 Å². The fraction of sp³-hybridized carbons (Fsp3) is 0.261. The second-order valence-corrected chi connectivity index (χ2v) is 7.20. The number of nitrogens with one attached hydrogen (secondary N) is 1. The standard InChI is InChI=1S/C23H24N4O4/c1-25-17-10-14(6-7-15(17)22(24)27-23(28)13-4-5-13)31-19-8-9-26-18-12-21(30-3)20(29-2)11-16(18)19/h6-13,25H,4-5H2,1-3H3,(H2,24,27,28). The Bertz CT molecular complexity index is 1170. The second kappa shape index (κ2) is 8.51. The largest absolute Gasteiger partial charge is 0.493 e. The molecule has 2 aromatic carbocycles. The zero-order valence-corrected chi connectivity index (χ0v) is 17.6. The molecule has 0 aliphatic heterocycles. The Labute approximate surface area is 180 Å². The number of amides is 1. The Kier molecular flexibility index (Phi) is 5.62. The lowest BCUT2D eigenvalue weighted by atomic mass is 10.1. The van der Waals surface area contributed by atoms with Crippen molar-refractivity contribution in [1.29, 1.82) is 0 Å². The topological polar surface area (TPSA) is 108 Å². The lowest BCUT2D eigenvalue weighted by Gasteiger charge is -2.14. The van der Waals surface area contributed by atoms with Gasteiger partial charge in [0.15, 0.2) is 11.5 Å². The summed E-state index contributed by atoms with van der Waals surface area (Å²) in [4.78, 5) is 20.4. The number of nitrogens with two attached hydrogens (primary N) is 1. The van der Waals surface area contributed by atoms with Crippen molar-refractivity contribution in [1.82, 2.24) is 4.98 Å². The van der Waals surface area contributed by atoms with E-state index < -0.39 is 0 Å². The Morgan fingerprint density at radius 1 is 1.10 bits per heavy atom. The van der Waals surface area contributed by atoms with Crippen molar-refractivity contribution in [3.8, 4) is 23.0 Å². The molecule has 0 saturated heterocycles. The first-order valence-corrected chi connectivity index (χ1v) is 9.92. The van der Waals surface area contributed by atoms with E-state index in [9.17, 15) is 4.79 Å². The monoisotopic (exact) mass is 420 g/mol. The van der Waals surface area contributed by atoms with Crippen molar-refractivity contribution >= 4 is 28.3 Å². The highest BCUT2D eigenvalue weighted by molar-refractivity contribution is 6.08. The highest BCUT2D eigenvalue weighted by Crippen LogP contribution is 2.37. The highest BCUT2D eigenvalue weighted by atomic mass is 16.5. The number of rotatable bonds is 7. The molecule has 8 nitrogen and oxygen atoms in total. The van der Waals surface area contributed by atoms with Gasteiger partial charge in [0.1, 0.15) is 17.3 Å². The summed E-state index contributed by atoms with van der Waals surface area (Å²) in [6.45, 7) is 0. The minimum absolute atomic E-state index is 0.0229. The quantitative estimate of drug-likeness (QED) is 0.443. The molecular formula is C23H24N4O4. The lowest BCUT2D eigenvalue weighted by Crippen LogP contribution is -2.18. The molecule has 4 rings (SSSR count). The van der Waals surface area contributed by atoms with Gasteiger partial charge in [-0.2, -0.15) is 4.99 Å². The molecule has 1 saturated carbocycles. The summed E-state index contributed by atoms with van der Waals surface area (Å²) in [5.41, 5.74) is 8.16. The van der Waals surface area contributed by atoms with E-state index >= 15 is 0 Å². The molecule has 0 atom stereocenters. The molecule has 1 aliphatic carbocycles. The second-order valence-electron chi connectivity index (χ2n) is 7.20. The van der Waals surface area contributed by atoms with Gasteiger partial charge >= 0.3 is 0 Å². The van der Waals surface area contributed by atoms with E-state index in [1.54, 1.807) is 51.7 Å². The minimum atomic E-state index is -0.160. The number of aliphatic imine (C=N–C) groups is 1. The molecule has 8 heteroatoms. The minimum Gasteiger partial charge on any atom is -0.493 e. The highest BCUT2D eigenvalue weighted by Gasteiger charge is 2.29. The zero-order chi connectivity index (χ0) is 22.0. The predicted molar refractivity (Wildman–Crippen MR) is 119 cm³/mol. The van der Waals surface area contributed by atoms with Gasteiger partial charge in [-0.25, -0.2) is 0 Å². The molecule has 3 aromatic rings. The number of benzene rings is 2. The molecule has 0 unspecified atom stereocenters. The molecule has 0 radical (unpaired) electrons. The number of aromatic nitrogens is 1. The summed E-state index contributed by atoms with van der Waals surface area (Å²) in [5.74, 6) is 2.45. The Morgan fingerprint density at radius 3 is 2.52 bits per heavy atom. The smallest absolute Gasteiger partial charge is 0.250 e. The first-order valence-electron chi connectivity index (χ1n) is 9.92. The third kappa shape index (κ3) is 4.23. The normalized spacial score (nSPS) is 13.7. The van der Waals surface area contributed by atoms with Gasteiger partial charge in [0.05, 0.1) is 19.7 Å². The van der Waals surface area contributed by atoms with Gasteiger partial charge in [-0.1, -0.05) is 0 Å². The van der Waals surface area contributed by atoms with Crippen LogP contribution in [-0.2, 0) is 4.79 Å². The van der Waals surface area contributed by atoms with Gasteiger partial charge in [0.25, 0.3) is 5.91 Å². The first kappa shape index (κ1) is 20.5. The van der Waals surface area contributed by atoms with Crippen LogP contribution in [0, 0.1) is 5.92 Å². The van der Waals surface area contributed by atoms with E-state index in [2.05, 4.69) is 15.3 Å². The number of carbonyl (C=O) groups excluding carboxylic acids is 1. The van der Waals surface area contributed by atoms with Gasteiger partial charge < -0.3 is 25.3 Å². The molecule has 1 aromatic heterocycles. The number of hydrogen-bond acceptors (Lipinski definition) is 6. The van der Waals surface area contributed by atoms with E-state index in [1.165, 1.54) is 0 Å². The van der Waals surface area contributed by atoms with Gasteiger partial charge in [0, 0.05) is 47.9 Å². The number of carbonyl (C=O) groups is 1. The summed E-state index contributed by atoms with van der Waals surface area (Å²) in [7, 11) is 4.94. The van der Waals surface area contributed by atoms with Crippen LogP contribution in [0.1, 0.15) is 18.4 Å². The van der Waals surface area contributed by atoms with Crippen molar-refractivity contribution in [3.05, 3.63) is 48.2 Å². The zero-order valence-electron chi connectivity index (χ0n) is 17.6. The van der Waals surface area contributed by atoms with Crippen LogP contribution in [0.25, 0.3) is 10.9 Å². The van der Waals surface area contributed by atoms with E-state index in [4.69, 9.17) is 19.9 Å². The van der Waals surface area contributed by atoms with Crippen molar-refractivity contribution < 1.29 is 19.0 Å². The molecule has 1 amide bonds. The fourth-order valence-corrected chi connectivity index (χ4v) is 3.28. The van der Waals surface area contributed by atoms with Crippen LogP contribution in [0.5, 0.6) is 23.0 Å². The van der Waals surface area contributed by atoms with Gasteiger partial charge in [-0.3, -0.25) is 9.78 Å². The van der Waals surface area contributed by atoms with Crippen molar-refractivity contribution in [3.63, 3.8) is 0 Å². The maximum absolute atomic E-state index is 12.0. The first-order chi connectivity index (χ1) is 15.0. The molecule has 1 fully saturated rings. The summed E-state index contributed by atoms with van der Waals surface area (Å²) in [6.07, 6.45) is 3.45. The maximum atomic E-state index is 12.0. The van der Waals surface area contributed by atoms with E-state index in [1.807, 2.05) is 12.1 Å². The third-order valence-corrected chi connectivity index (χ3v) is 5.13. The van der Waals surface area contributed by atoms with Crippen LogP contribution in [-0.4, -0.2) is 38.0 Å². The Balaban J connectivity index is 1.66. The van der Waals surface area contributed by atoms with Crippen LogP contribution in [0.3, 0.4) is 0 Å². The summed E-state index contributed by atoms with van der Waals surface area (Å²) < 4.78 is 16.9. The molecule has 1 aliphatic rings. The van der Waals surface area contributed by atoms with Crippen LogP contribution in [0.4, 0.5) is 5.69 Å². The van der Waals surface area contributed by atoms with Gasteiger partial charge in [-0.05, 0) is 37.1 Å². The molecular weight excluding hydrogens is 396 g/mol. The lowest BCUT2D eigenvalue weighted by molar-refractivity contribution is -0.118. The average molecular weight is 420 g/mol. The number of amidine groups is 1. The fourth-order valence-electron chi connectivity index (χ4n) is 3.28. The van der Waals surface area contributed by atoms with E-state index in [0.29, 0.717) is 34.2 Å². The van der Waals surface area contributed by atoms with Gasteiger partial charge in [-0.15, -0.1) is 0 Å². The Morgan fingerprint density at radius 2 is 1.84 bits per heavy atom. The van der Waals surface area contributed by atoms with Crippen molar-refractivity contribution in [2.75, 3.05) is 26.6 Å². The number of fused-ring (bicyclic) bond motifs is 1. The number of anilines is 1. The summed E-state index contributed by atoms with van der Waals surface area (Å²) >= 11 is 0. The molecule has 31 heavy (non-hydrogen) atoms. The number of ether oxygens (including phenoxy) is 3. The molecule has 1 heterocycles. The maximum Gasteiger partial charge on any atom is 0.250 e.